The first-order chi connectivity index (χ1) is 44.9. The quantitative estimate of drug-likeness (QED) is 0.104. The lowest BCUT2D eigenvalue weighted by molar-refractivity contribution is 0.445. The van der Waals surface area contributed by atoms with Crippen LogP contribution in [0.4, 0.5) is 34.1 Å². The molecule has 1 aromatic heterocycles. The first kappa shape index (κ1) is 59.2. The Hall–Kier alpha value is -9.12. The highest BCUT2D eigenvalue weighted by molar-refractivity contribution is 6.30. The van der Waals surface area contributed by atoms with E-state index in [0.29, 0.717) is 35.5 Å². The molecule has 4 nitrogen and oxygen atoms in total. The second-order valence-electron chi connectivity index (χ2n) is 28.1. The molecule has 2 saturated carbocycles. The normalized spacial score (nSPS) is 14.4. The Morgan fingerprint density at radius 1 is 0.337 bits per heavy atom. The second-order valence-corrected chi connectivity index (χ2v) is 28.1. The van der Waals surface area contributed by atoms with Crippen LogP contribution in [0.15, 0.2) is 217 Å². The number of nitrogens with zero attached hydrogens (tertiary/aromatic N) is 2. The van der Waals surface area contributed by atoms with Gasteiger partial charge in [-0.25, -0.2) is 0 Å². The zero-order valence-corrected chi connectivity index (χ0v) is 55.0. The Bertz CT molecular complexity index is 4860. The largest absolute Gasteiger partial charge is 0.505 e. The minimum Gasteiger partial charge on any atom is -0.505 e. The zero-order valence-electron chi connectivity index (χ0n) is 55.0. The number of phenols is 1. The molecule has 0 radical (unpaired) electrons. The van der Waals surface area contributed by atoms with E-state index in [-0.39, 0.29) is 5.75 Å². The molecular formula is C88H86N2O2. The fourth-order valence-corrected chi connectivity index (χ4v) is 16.2. The van der Waals surface area contributed by atoms with Gasteiger partial charge in [-0.1, -0.05) is 252 Å². The van der Waals surface area contributed by atoms with Gasteiger partial charge >= 0.3 is 0 Å². The molecular weight excluding hydrogens is 1120 g/mol. The van der Waals surface area contributed by atoms with Gasteiger partial charge in [0.15, 0.2) is 5.58 Å². The van der Waals surface area contributed by atoms with Crippen molar-refractivity contribution >= 4 is 88.4 Å². The van der Waals surface area contributed by atoms with Crippen molar-refractivity contribution in [1.29, 1.82) is 0 Å². The summed E-state index contributed by atoms with van der Waals surface area (Å²) in [6.07, 6.45) is 12.0. The first-order valence-corrected chi connectivity index (χ1v) is 34.5. The Morgan fingerprint density at radius 3 is 1.30 bits per heavy atom. The van der Waals surface area contributed by atoms with Crippen LogP contribution in [0.1, 0.15) is 188 Å². The summed E-state index contributed by atoms with van der Waals surface area (Å²) in [6, 6.07) is 79.8. The lowest BCUT2D eigenvalue weighted by Gasteiger charge is -2.33. The van der Waals surface area contributed by atoms with Crippen LogP contribution in [-0.4, -0.2) is 5.11 Å². The van der Waals surface area contributed by atoms with E-state index in [0.717, 1.165) is 104 Å². The molecule has 13 aromatic rings. The van der Waals surface area contributed by atoms with Crippen LogP contribution in [0.2, 0.25) is 0 Å². The number of hydrogen-bond donors (Lipinski definition) is 1. The van der Waals surface area contributed by atoms with Gasteiger partial charge < -0.3 is 19.3 Å². The average Bonchev–Trinajstić information content (AvgIpc) is 0.822. The third-order valence-corrected chi connectivity index (χ3v) is 21.1. The van der Waals surface area contributed by atoms with Gasteiger partial charge in [-0.2, -0.15) is 0 Å². The molecule has 0 spiro atoms. The summed E-state index contributed by atoms with van der Waals surface area (Å²) in [5.74, 6) is 2.48. The van der Waals surface area contributed by atoms with E-state index in [2.05, 4.69) is 278 Å². The van der Waals surface area contributed by atoms with E-state index in [1.54, 1.807) is 0 Å². The maximum absolute atomic E-state index is 13.4. The summed E-state index contributed by atoms with van der Waals surface area (Å²) < 4.78 is 7.51. The van der Waals surface area contributed by atoms with Gasteiger partial charge in [0.1, 0.15) is 11.3 Å². The topological polar surface area (TPSA) is 39.9 Å². The molecule has 0 atom stereocenters. The van der Waals surface area contributed by atoms with Gasteiger partial charge in [0, 0.05) is 44.0 Å². The molecule has 0 amide bonds. The summed E-state index contributed by atoms with van der Waals surface area (Å²) in [4.78, 5) is 4.96. The van der Waals surface area contributed by atoms with Gasteiger partial charge in [0.2, 0.25) is 0 Å². The third kappa shape index (κ3) is 10.4. The first-order valence-electron chi connectivity index (χ1n) is 34.5. The van der Waals surface area contributed by atoms with Crippen molar-refractivity contribution in [3.63, 3.8) is 0 Å². The molecule has 2 aliphatic rings. The predicted octanol–water partition coefficient (Wildman–Crippen LogP) is 26.7. The molecule has 1 N–H and O–H groups in total. The number of para-hydroxylation sites is 3. The fourth-order valence-electron chi connectivity index (χ4n) is 16.2. The van der Waals surface area contributed by atoms with Gasteiger partial charge in [-0.05, 0) is 193 Å². The molecule has 0 bridgehead atoms. The minimum atomic E-state index is 0.261. The van der Waals surface area contributed by atoms with Crippen LogP contribution in [0, 0.1) is 0 Å². The van der Waals surface area contributed by atoms with Crippen LogP contribution >= 0.6 is 0 Å². The molecule has 12 aromatic carbocycles. The maximum atomic E-state index is 13.4. The van der Waals surface area contributed by atoms with Crippen molar-refractivity contribution in [2.24, 2.45) is 0 Å². The molecule has 0 aliphatic heterocycles. The SMILES string of the molecule is CC(C)c1ccc(N(c2cccc(-c3cccc(-c4ccccc4C(C)C)c3)c2O)c2cc(C3CCCCC3)c3ccc4c(N(c5ccc(C(C)C)cc5)c5cccc6c5oc5c(-c7ccccc7C(C)C)cccc56)cc(C5CCCCC5)c5ccc2c3c54)cc1. The van der Waals surface area contributed by atoms with Crippen molar-refractivity contribution in [3.8, 4) is 39.1 Å². The Balaban J connectivity index is 1.02. The molecule has 92 heavy (non-hydrogen) atoms. The molecule has 2 aliphatic carbocycles. The number of furan rings is 1. The Labute approximate surface area is 544 Å². The van der Waals surface area contributed by atoms with Crippen molar-refractivity contribution in [2.45, 2.75) is 155 Å². The number of hydrogen-bond acceptors (Lipinski definition) is 4. The number of aromatic hydroxyl groups is 1. The monoisotopic (exact) mass is 1200 g/mol. The van der Waals surface area contributed by atoms with Crippen LogP contribution in [0.25, 0.3) is 87.6 Å². The molecule has 4 heteroatoms. The molecule has 460 valence electrons. The van der Waals surface area contributed by atoms with Crippen molar-refractivity contribution in [2.75, 3.05) is 9.80 Å². The molecule has 15 rings (SSSR count). The van der Waals surface area contributed by atoms with Gasteiger partial charge in [-0.15, -0.1) is 0 Å². The highest BCUT2D eigenvalue weighted by atomic mass is 16.3. The van der Waals surface area contributed by atoms with Gasteiger partial charge in [0.25, 0.3) is 0 Å². The Kier molecular flexibility index (Phi) is 15.8. The summed E-state index contributed by atoms with van der Waals surface area (Å²) >= 11 is 0. The minimum absolute atomic E-state index is 0.261. The van der Waals surface area contributed by atoms with Gasteiger partial charge in [-0.3, -0.25) is 0 Å². The van der Waals surface area contributed by atoms with Crippen LogP contribution in [0.3, 0.4) is 0 Å². The molecule has 1 heterocycles. The van der Waals surface area contributed by atoms with Crippen LogP contribution in [0.5, 0.6) is 5.75 Å². The van der Waals surface area contributed by atoms with E-state index in [1.165, 1.54) is 115 Å². The number of anilines is 6. The Morgan fingerprint density at radius 2 is 0.761 bits per heavy atom. The van der Waals surface area contributed by atoms with E-state index >= 15 is 0 Å². The van der Waals surface area contributed by atoms with E-state index < -0.39 is 0 Å². The predicted molar refractivity (Wildman–Crippen MR) is 393 cm³/mol. The summed E-state index contributed by atoms with van der Waals surface area (Å²) in [7, 11) is 0. The number of benzene rings is 12. The number of phenolic OH excluding ortho intramolecular Hbond substituents is 1. The fraction of sp³-hybridized carbons (Fsp3) is 0.273. The van der Waals surface area contributed by atoms with Gasteiger partial charge in [0.05, 0.1) is 22.7 Å². The molecule has 2 fully saturated rings. The lowest BCUT2D eigenvalue weighted by Crippen LogP contribution is -2.15. The maximum Gasteiger partial charge on any atom is 0.159 e. The van der Waals surface area contributed by atoms with Crippen molar-refractivity contribution in [3.05, 3.63) is 246 Å². The number of fused-ring (bicyclic) bond motifs is 3. The van der Waals surface area contributed by atoms with Crippen LogP contribution < -0.4 is 9.80 Å². The van der Waals surface area contributed by atoms with Crippen molar-refractivity contribution < 1.29 is 9.52 Å². The smallest absolute Gasteiger partial charge is 0.159 e. The molecule has 0 unspecified atom stereocenters. The standard InChI is InChI=1S/C88H86N2O2/c1-54(2)58-39-43-64(44-40-58)89(80-37-21-33-69(86(80)91)63-28-19-27-62(51-63)68-31-17-15-29-66(68)56(5)6)82-52-78(60-23-11-9-12-24-60)71-48-50-77-83(53-79(61-25-13-10-14-26-61)72-47-49-76(82)84(71)85(72)77)90(65-45-41-59(42-46-65)55(3)4)81-38-22-36-75-74-35-20-34-73(87(74)92-88(75)81)70-32-18-16-30-67(70)57(7)8/h15-22,27-57,60-61,91H,9-14,23-26H2,1-8H3. The summed E-state index contributed by atoms with van der Waals surface area (Å²) in [6.45, 7) is 18.2. The third-order valence-electron chi connectivity index (χ3n) is 21.1. The second kappa shape index (κ2) is 24.5. The zero-order chi connectivity index (χ0) is 62.9. The summed E-state index contributed by atoms with van der Waals surface area (Å²) in [5, 5.41) is 23.3. The van der Waals surface area contributed by atoms with E-state index in [1.807, 2.05) is 0 Å². The van der Waals surface area contributed by atoms with E-state index in [4.69, 9.17) is 4.42 Å². The highest BCUT2D eigenvalue weighted by Gasteiger charge is 2.32. The molecule has 0 saturated heterocycles. The van der Waals surface area contributed by atoms with Crippen LogP contribution in [-0.2, 0) is 0 Å². The van der Waals surface area contributed by atoms with Crippen molar-refractivity contribution in [1.82, 2.24) is 0 Å². The summed E-state index contributed by atoms with van der Waals surface area (Å²) in [5.41, 5.74) is 22.5. The lowest BCUT2D eigenvalue weighted by atomic mass is 9.77. The van der Waals surface area contributed by atoms with E-state index in [9.17, 15) is 5.11 Å². The average molecular weight is 1200 g/mol. The highest BCUT2D eigenvalue weighted by Crippen LogP contribution is 2.56. The number of rotatable bonds is 15.